The molecule has 0 radical (unpaired) electrons. The van der Waals surface area contributed by atoms with Crippen LogP contribution in [-0.4, -0.2) is 15.6 Å². The number of nitrogens with zero attached hydrogens (tertiary/aromatic N) is 2. The zero-order chi connectivity index (χ0) is 11.7. The molecule has 2 saturated carbocycles. The monoisotopic (exact) mass is 233 g/mol. The van der Waals surface area contributed by atoms with Gasteiger partial charge in [-0.3, -0.25) is 0 Å². The highest BCUT2D eigenvalue weighted by Gasteiger charge is 2.28. The van der Waals surface area contributed by atoms with E-state index in [0.29, 0.717) is 12.1 Å². The van der Waals surface area contributed by atoms with Crippen molar-refractivity contribution in [3.8, 4) is 0 Å². The third kappa shape index (κ3) is 2.33. The first-order valence-electron chi connectivity index (χ1n) is 7.12. The summed E-state index contributed by atoms with van der Waals surface area (Å²) in [4.78, 5) is 4.49. The van der Waals surface area contributed by atoms with Gasteiger partial charge >= 0.3 is 0 Å². The topological polar surface area (TPSA) is 29.9 Å². The van der Waals surface area contributed by atoms with E-state index in [0.717, 1.165) is 11.9 Å². The first kappa shape index (κ1) is 11.1. The summed E-state index contributed by atoms with van der Waals surface area (Å²) in [5.74, 6) is 2.00. The lowest BCUT2D eigenvalue weighted by Gasteiger charge is -2.35. The fourth-order valence-electron chi connectivity index (χ4n) is 3.24. The molecule has 1 heterocycles. The molecule has 17 heavy (non-hydrogen) atoms. The standard InChI is InChI=1S/C14H23N3/c1-11-9-13(10-11)17-8-7-15-14(17)16-12-5-3-2-4-6-12/h7-8,11-13H,2-6,9-10H2,1H3,(H,15,16). The van der Waals surface area contributed by atoms with Crippen molar-refractivity contribution in [2.45, 2.75) is 64.0 Å². The van der Waals surface area contributed by atoms with Crippen LogP contribution in [0.15, 0.2) is 12.4 Å². The lowest BCUT2D eigenvalue weighted by molar-refractivity contribution is 0.217. The zero-order valence-electron chi connectivity index (χ0n) is 10.7. The molecule has 0 aromatic carbocycles. The van der Waals surface area contributed by atoms with Gasteiger partial charge in [-0.25, -0.2) is 4.98 Å². The molecule has 1 N–H and O–H groups in total. The summed E-state index contributed by atoms with van der Waals surface area (Å²) in [6.07, 6.45) is 13.5. The van der Waals surface area contributed by atoms with E-state index in [1.807, 2.05) is 6.20 Å². The quantitative estimate of drug-likeness (QED) is 0.864. The Morgan fingerprint density at radius 3 is 2.71 bits per heavy atom. The first-order chi connectivity index (χ1) is 8.33. The van der Waals surface area contributed by atoms with E-state index in [4.69, 9.17) is 0 Å². The van der Waals surface area contributed by atoms with Gasteiger partial charge in [0.15, 0.2) is 0 Å². The maximum atomic E-state index is 4.49. The van der Waals surface area contributed by atoms with Crippen molar-refractivity contribution < 1.29 is 0 Å². The number of hydrogen-bond donors (Lipinski definition) is 1. The minimum Gasteiger partial charge on any atom is -0.353 e. The maximum Gasteiger partial charge on any atom is 0.203 e. The first-order valence-corrected chi connectivity index (χ1v) is 7.12. The van der Waals surface area contributed by atoms with Crippen molar-refractivity contribution in [1.82, 2.24) is 9.55 Å². The molecule has 0 unspecified atom stereocenters. The van der Waals surface area contributed by atoms with Crippen molar-refractivity contribution in [3.63, 3.8) is 0 Å². The Bertz CT molecular complexity index is 359. The van der Waals surface area contributed by atoms with E-state index in [1.54, 1.807) is 0 Å². The van der Waals surface area contributed by atoms with Crippen LogP contribution in [0.2, 0.25) is 0 Å². The minimum absolute atomic E-state index is 0.655. The maximum absolute atomic E-state index is 4.49. The Labute approximate surface area is 104 Å². The number of aromatic nitrogens is 2. The van der Waals surface area contributed by atoms with Crippen LogP contribution < -0.4 is 5.32 Å². The Hall–Kier alpha value is -0.990. The van der Waals surface area contributed by atoms with Crippen LogP contribution >= 0.6 is 0 Å². The Balaban J connectivity index is 1.64. The van der Waals surface area contributed by atoms with Crippen LogP contribution in [0.25, 0.3) is 0 Å². The zero-order valence-corrected chi connectivity index (χ0v) is 10.7. The molecule has 2 fully saturated rings. The van der Waals surface area contributed by atoms with Crippen molar-refractivity contribution in [2.24, 2.45) is 5.92 Å². The van der Waals surface area contributed by atoms with Gasteiger partial charge in [0.1, 0.15) is 0 Å². The van der Waals surface area contributed by atoms with Gasteiger partial charge < -0.3 is 9.88 Å². The molecule has 0 amide bonds. The molecule has 3 rings (SSSR count). The molecule has 1 aromatic rings. The molecule has 0 spiro atoms. The highest BCUT2D eigenvalue weighted by atomic mass is 15.2. The third-order valence-corrected chi connectivity index (χ3v) is 4.35. The number of anilines is 1. The van der Waals surface area contributed by atoms with E-state index >= 15 is 0 Å². The van der Waals surface area contributed by atoms with Crippen LogP contribution in [0.5, 0.6) is 0 Å². The molecule has 2 aliphatic carbocycles. The molecule has 3 heteroatoms. The molecule has 0 bridgehead atoms. The van der Waals surface area contributed by atoms with E-state index in [-0.39, 0.29) is 0 Å². The molecule has 1 aromatic heterocycles. The SMILES string of the molecule is CC1CC(n2ccnc2NC2CCCCC2)C1. The van der Waals surface area contributed by atoms with E-state index < -0.39 is 0 Å². The predicted octanol–water partition coefficient (Wildman–Crippen LogP) is 3.60. The van der Waals surface area contributed by atoms with Crippen LogP contribution in [0.4, 0.5) is 5.95 Å². The second-order valence-electron chi connectivity index (χ2n) is 5.87. The van der Waals surface area contributed by atoms with Gasteiger partial charge in [-0.1, -0.05) is 26.2 Å². The number of imidazole rings is 1. The summed E-state index contributed by atoms with van der Waals surface area (Å²) >= 11 is 0. The van der Waals surface area contributed by atoms with Crippen molar-refractivity contribution in [2.75, 3.05) is 5.32 Å². The number of nitrogens with one attached hydrogen (secondary N) is 1. The fraction of sp³-hybridized carbons (Fsp3) is 0.786. The van der Waals surface area contributed by atoms with Crippen molar-refractivity contribution >= 4 is 5.95 Å². The summed E-state index contributed by atoms with van der Waals surface area (Å²) in [7, 11) is 0. The van der Waals surface area contributed by atoms with Gasteiger partial charge in [-0.15, -0.1) is 0 Å². The Morgan fingerprint density at radius 2 is 2.00 bits per heavy atom. The van der Waals surface area contributed by atoms with Crippen molar-refractivity contribution in [3.05, 3.63) is 12.4 Å². The molecule has 2 aliphatic rings. The molecule has 94 valence electrons. The van der Waals surface area contributed by atoms with Crippen LogP contribution in [0, 0.1) is 5.92 Å². The summed E-state index contributed by atoms with van der Waals surface area (Å²) in [5.41, 5.74) is 0. The predicted molar refractivity (Wildman–Crippen MR) is 70.2 cm³/mol. The van der Waals surface area contributed by atoms with Crippen LogP contribution in [0.1, 0.15) is 57.9 Å². The van der Waals surface area contributed by atoms with Gasteiger partial charge in [-0.2, -0.15) is 0 Å². The van der Waals surface area contributed by atoms with Crippen LogP contribution in [0.3, 0.4) is 0 Å². The summed E-state index contributed by atoms with van der Waals surface area (Å²) in [5, 5.41) is 3.65. The van der Waals surface area contributed by atoms with Gasteiger partial charge in [0.25, 0.3) is 0 Å². The number of hydrogen-bond acceptors (Lipinski definition) is 2. The van der Waals surface area contributed by atoms with Gasteiger partial charge in [0.2, 0.25) is 5.95 Å². The van der Waals surface area contributed by atoms with E-state index in [9.17, 15) is 0 Å². The van der Waals surface area contributed by atoms with E-state index in [1.165, 1.54) is 44.9 Å². The average Bonchev–Trinajstić information content (AvgIpc) is 2.74. The lowest BCUT2D eigenvalue weighted by Crippen LogP contribution is -2.29. The van der Waals surface area contributed by atoms with Crippen molar-refractivity contribution in [1.29, 1.82) is 0 Å². The second-order valence-corrected chi connectivity index (χ2v) is 5.87. The average molecular weight is 233 g/mol. The highest BCUT2D eigenvalue weighted by molar-refractivity contribution is 5.29. The normalized spacial score (nSPS) is 29.9. The fourth-order valence-corrected chi connectivity index (χ4v) is 3.24. The molecule has 0 atom stereocenters. The minimum atomic E-state index is 0.655. The van der Waals surface area contributed by atoms with Gasteiger partial charge in [-0.05, 0) is 31.6 Å². The van der Waals surface area contributed by atoms with Crippen LogP contribution in [-0.2, 0) is 0 Å². The second kappa shape index (κ2) is 4.71. The molecular weight excluding hydrogens is 210 g/mol. The largest absolute Gasteiger partial charge is 0.353 e. The summed E-state index contributed by atoms with van der Waals surface area (Å²) in [6, 6.07) is 1.35. The van der Waals surface area contributed by atoms with E-state index in [2.05, 4.69) is 28.0 Å². The summed E-state index contributed by atoms with van der Waals surface area (Å²) in [6.45, 7) is 2.33. The number of rotatable bonds is 3. The Kier molecular flexibility index (Phi) is 3.08. The van der Waals surface area contributed by atoms with Gasteiger partial charge in [0, 0.05) is 24.5 Å². The Morgan fingerprint density at radius 1 is 1.24 bits per heavy atom. The molecule has 0 aliphatic heterocycles. The molecular formula is C14H23N3. The lowest BCUT2D eigenvalue weighted by atomic mass is 9.82. The summed E-state index contributed by atoms with van der Waals surface area (Å²) < 4.78 is 2.36. The molecule has 3 nitrogen and oxygen atoms in total. The highest BCUT2D eigenvalue weighted by Crippen LogP contribution is 2.38. The van der Waals surface area contributed by atoms with Gasteiger partial charge in [0.05, 0.1) is 0 Å². The molecule has 0 saturated heterocycles. The smallest absolute Gasteiger partial charge is 0.203 e. The third-order valence-electron chi connectivity index (χ3n) is 4.35.